The summed E-state index contributed by atoms with van der Waals surface area (Å²) in [6.45, 7) is 0. The first-order chi connectivity index (χ1) is 30.7. The van der Waals surface area contributed by atoms with E-state index in [2.05, 4.69) is 204 Å². The summed E-state index contributed by atoms with van der Waals surface area (Å²) in [6.07, 6.45) is 0. The minimum Gasteiger partial charge on any atom is -0.456 e. The number of anilines is 6. The predicted molar refractivity (Wildman–Crippen MR) is 259 cm³/mol. The highest BCUT2D eigenvalue weighted by molar-refractivity contribution is 5.97. The fourth-order valence-electron chi connectivity index (χ4n) is 8.85. The SMILES string of the molecule is c1ccc(N(c2ccc3cc(-c4cc5ccccc5o4)ccc3c2)c2ccc3cc(N(c4ccccc4)c4ccc5cc(-c6cc7ccccc7o6)ccc5c4)ccc3c2)cc1. The molecule has 12 rings (SSSR count). The van der Waals surface area contributed by atoms with E-state index in [0.717, 1.165) is 111 Å². The average molecular weight is 795 g/mol. The highest BCUT2D eigenvalue weighted by Crippen LogP contribution is 2.42. The quantitative estimate of drug-likeness (QED) is 0.153. The summed E-state index contributed by atoms with van der Waals surface area (Å²) < 4.78 is 12.4. The molecule has 0 radical (unpaired) electrons. The summed E-state index contributed by atoms with van der Waals surface area (Å²) in [5, 5.41) is 9.18. The van der Waals surface area contributed by atoms with Gasteiger partial charge in [-0.3, -0.25) is 0 Å². The number of furan rings is 2. The van der Waals surface area contributed by atoms with Crippen LogP contribution in [0.25, 0.3) is 76.9 Å². The van der Waals surface area contributed by atoms with E-state index in [1.165, 1.54) is 0 Å². The third-order valence-corrected chi connectivity index (χ3v) is 11.9. The Morgan fingerprint density at radius 2 is 0.548 bits per heavy atom. The lowest BCUT2D eigenvalue weighted by molar-refractivity contribution is 0.631. The molecule has 292 valence electrons. The van der Waals surface area contributed by atoms with Crippen LogP contribution in [0.4, 0.5) is 34.1 Å². The van der Waals surface area contributed by atoms with Crippen molar-refractivity contribution in [2.24, 2.45) is 0 Å². The van der Waals surface area contributed by atoms with Gasteiger partial charge in [0.25, 0.3) is 0 Å². The molecule has 0 saturated carbocycles. The van der Waals surface area contributed by atoms with Gasteiger partial charge in [-0.25, -0.2) is 0 Å². The fraction of sp³-hybridized carbons (Fsp3) is 0. The number of para-hydroxylation sites is 4. The van der Waals surface area contributed by atoms with Crippen molar-refractivity contribution in [3.8, 4) is 22.6 Å². The zero-order valence-corrected chi connectivity index (χ0v) is 33.7. The van der Waals surface area contributed by atoms with Crippen molar-refractivity contribution in [3.63, 3.8) is 0 Å². The lowest BCUT2D eigenvalue weighted by Crippen LogP contribution is -2.10. The molecule has 0 aliphatic carbocycles. The molecule has 0 bridgehead atoms. The Labute approximate surface area is 358 Å². The van der Waals surface area contributed by atoms with Crippen LogP contribution in [0.1, 0.15) is 0 Å². The molecule has 4 nitrogen and oxygen atoms in total. The highest BCUT2D eigenvalue weighted by atomic mass is 16.3. The van der Waals surface area contributed by atoms with Crippen molar-refractivity contribution in [1.82, 2.24) is 0 Å². The second-order valence-corrected chi connectivity index (χ2v) is 15.8. The van der Waals surface area contributed by atoms with Crippen molar-refractivity contribution in [2.75, 3.05) is 9.80 Å². The first-order valence-corrected chi connectivity index (χ1v) is 21.0. The summed E-state index contributed by atoms with van der Waals surface area (Å²) in [6, 6.07) is 81.8. The van der Waals surface area contributed by atoms with Gasteiger partial charge in [-0.15, -0.1) is 0 Å². The minimum absolute atomic E-state index is 0.876. The molecule has 2 heterocycles. The Balaban J connectivity index is 0.891. The van der Waals surface area contributed by atoms with Gasteiger partial charge in [-0.1, -0.05) is 121 Å². The topological polar surface area (TPSA) is 32.8 Å². The third-order valence-electron chi connectivity index (χ3n) is 11.9. The van der Waals surface area contributed by atoms with Gasteiger partial charge in [0.05, 0.1) is 0 Å². The Hall–Kier alpha value is -8.34. The van der Waals surface area contributed by atoms with Crippen LogP contribution in [0.5, 0.6) is 0 Å². The molecule has 0 aliphatic rings. The van der Waals surface area contributed by atoms with Crippen LogP contribution in [-0.2, 0) is 0 Å². The molecular formula is C58H38N2O2. The van der Waals surface area contributed by atoms with Crippen LogP contribution in [0.2, 0.25) is 0 Å². The molecule has 0 aliphatic heterocycles. The van der Waals surface area contributed by atoms with Gasteiger partial charge in [-0.05, 0) is 142 Å². The van der Waals surface area contributed by atoms with E-state index in [4.69, 9.17) is 8.83 Å². The van der Waals surface area contributed by atoms with Crippen LogP contribution in [-0.4, -0.2) is 0 Å². The lowest BCUT2D eigenvalue weighted by atomic mass is 10.0. The molecule has 0 N–H and O–H groups in total. The summed E-state index contributed by atoms with van der Waals surface area (Å²) in [4.78, 5) is 4.68. The van der Waals surface area contributed by atoms with Crippen LogP contribution in [0.15, 0.2) is 239 Å². The summed E-state index contributed by atoms with van der Waals surface area (Å²) >= 11 is 0. The third kappa shape index (κ3) is 6.42. The molecule has 2 aromatic heterocycles. The number of rotatable bonds is 8. The standard InChI is InChI=1S/C58H38N2O2/c1-3-13-49(14-4-1)59(51-27-23-39-31-47(21-19-41(39)33-51)57-37-45-11-7-9-17-55(45)61-57)53-29-25-44-36-54(30-26-43(44)35-53)60(50-15-5-2-6-16-50)52-28-24-40-32-48(22-20-42(40)34-52)58-38-46-12-8-10-18-56(46)62-58/h1-38H. The minimum atomic E-state index is 0.876. The maximum atomic E-state index is 6.21. The summed E-state index contributed by atoms with van der Waals surface area (Å²) in [7, 11) is 0. The predicted octanol–water partition coefficient (Wildman–Crippen LogP) is 16.9. The van der Waals surface area contributed by atoms with E-state index in [0.29, 0.717) is 0 Å². The van der Waals surface area contributed by atoms with Crippen molar-refractivity contribution >= 4 is 88.4 Å². The number of fused-ring (bicyclic) bond motifs is 5. The molecule has 4 heteroatoms. The van der Waals surface area contributed by atoms with Crippen molar-refractivity contribution in [3.05, 3.63) is 231 Å². The molecule has 62 heavy (non-hydrogen) atoms. The van der Waals surface area contributed by atoms with Crippen molar-refractivity contribution in [1.29, 1.82) is 0 Å². The molecule has 0 unspecified atom stereocenters. The second-order valence-electron chi connectivity index (χ2n) is 15.8. The van der Waals surface area contributed by atoms with Gasteiger partial charge < -0.3 is 18.6 Å². The van der Waals surface area contributed by atoms with Gasteiger partial charge in [0.1, 0.15) is 22.7 Å². The summed E-state index contributed by atoms with van der Waals surface area (Å²) in [5.74, 6) is 1.75. The molecule has 12 aromatic rings. The zero-order chi connectivity index (χ0) is 41.0. The van der Waals surface area contributed by atoms with Crippen LogP contribution >= 0.6 is 0 Å². The van der Waals surface area contributed by atoms with E-state index >= 15 is 0 Å². The first-order valence-electron chi connectivity index (χ1n) is 21.0. The van der Waals surface area contributed by atoms with E-state index in [1.54, 1.807) is 0 Å². The number of hydrogen-bond donors (Lipinski definition) is 0. The van der Waals surface area contributed by atoms with Crippen molar-refractivity contribution in [2.45, 2.75) is 0 Å². The number of hydrogen-bond acceptors (Lipinski definition) is 4. The molecule has 10 aromatic carbocycles. The highest BCUT2D eigenvalue weighted by Gasteiger charge is 2.18. The van der Waals surface area contributed by atoms with E-state index < -0.39 is 0 Å². The Bertz CT molecular complexity index is 3300. The lowest BCUT2D eigenvalue weighted by Gasteiger charge is -2.27. The van der Waals surface area contributed by atoms with Gasteiger partial charge in [0.2, 0.25) is 0 Å². The molecule has 0 amide bonds. The van der Waals surface area contributed by atoms with Crippen LogP contribution in [0.3, 0.4) is 0 Å². The smallest absolute Gasteiger partial charge is 0.135 e. The van der Waals surface area contributed by atoms with E-state index in [9.17, 15) is 0 Å². The van der Waals surface area contributed by atoms with E-state index in [-0.39, 0.29) is 0 Å². The molecule has 0 spiro atoms. The normalized spacial score (nSPS) is 11.5. The Morgan fingerprint density at radius 1 is 0.226 bits per heavy atom. The van der Waals surface area contributed by atoms with Gasteiger partial charge >= 0.3 is 0 Å². The van der Waals surface area contributed by atoms with Gasteiger partial charge in [0, 0.05) is 56.0 Å². The molecular weight excluding hydrogens is 757 g/mol. The fourth-order valence-corrected chi connectivity index (χ4v) is 8.85. The first kappa shape index (κ1) is 35.6. The molecule has 0 atom stereocenters. The van der Waals surface area contributed by atoms with E-state index in [1.807, 2.05) is 36.4 Å². The monoisotopic (exact) mass is 794 g/mol. The maximum Gasteiger partial charge on any atom is 0.135 e. The second kappa shape index (κ2) is 14.7. The number of benzene rings is 10. The Morgan fingerprint density at radius 3 is 0.919 bits per heavy atom. The van der Waals surface area contributed by atoms with Crippen molar-refractivity contribution < 1.29 is 8.83 Å². The van der Waals surface area contributed by atoms with Gasteiger partial charge in [-0.2, -0.15) is 0 Å². The number of nitrogens with zero attached hydrogens (tertiary/aromatic N) is 2. The largest absolute Gasteiger partial charge is 0.456 e. The maximum absolute atomic E-state index is 6.21. The zero-order valence-electron chi connectivity index (χ0n) is 33.7. The van der Waals surface area contributed by atoms with Gasteiger partial charge in [0.15, 0.2) is 0 Å². The molecule has 0 saturated heterocycles. The van der Waals surface area contributed by atoms with Crippen LogP contribution in [0, 0.1) is 0 Å². The Kier molecular flexibility index (Phi) is 8.46. The average Bonchev–Trinajstić information content (AvgIpc) is 3.98. The van der Waals surface area contributed by atoms with Crippen LogP contribution < -0.4 is 9.80 Å². The molecule has 0 fully saturated rings. The summed E-state index contributed by atoms with van der Waals surface area (Å²) in [5.41, 5.74) is 10.5.